The van der Waals surface area contributed by atoms with E-state index in [2.05, 4.69) is 44.7 Å². The predicted molar refractivity (Wildman–Crippen MR) is 346 cm³/mol. The number of para-hydroxylation sites is 1. The first-order chi connectivity index (χ1) is 43.2. The molecule has 5 aliphatic rings. The van der Waals surface area contributed by atoms with Crippen molar-refractivity contribution in [2.24, 2.45) is 0 Å². The number of allylic oxidation sites excluding steroid dienone is 1. The molecule has 3 saturated heterocycles. The Balaban J connectivity index is 0.597. The van der Waals surface area contributed by atoms with E-state index in [0.29, 0.717) is 56.6 Å². The molecule has 5 aromatic rings. The highest BCUT2D eigenvalue weighted by Gasteiger charge is 2.50. The van der Waals surface area contributed by atoms with Gasteiger partial charge in [0.2, 0.25) is 11.8 Å². The summed E-state index contributed by atoms with van der Waals surface area (Å²) >= 11 is 0. The molecule has 5 amide bonds. The van der Waals surface area contributed by atoms with Crippen molar-refractivity contribution in [1.29, 1.82) is 0 Å². The van der Waals surface area contributed by atoms with Crippen molar-refractivity contribution in [2.75, 3.05) is 110 Å². The van der Waals surface area contributed by atoms with Crippen LogP contribution in [0.2, 0.25) is 0 Å². The van der Waals surface area contributed by atoms with Crippen LogP contribution >= 0.6 is 0 Å². The number of halogens is 1. The van der Waals surface area contributed by atoms with Gasteiger partial charge in [-0.15, -0.1) is 0 Å². The summed E-state index contributed by atoms with van der Waals surface area (Å²) in [4.78, 5) is 78.9. The number of nitrogens with zero attached hydrogens (tertiary/aromatic N) is 6. The third-order valence-corrected chi connectivity index (χ3v) is 19.3. The Morgan fingerprint density at radius 1 is 0.730 bits per heavy atom. The lowest BCUT2D eigenvalue weighted by Crippen LogP contribution is -2.50. The zero-order valence-electron chi connectivity index (χ0n) is 52.6. The lowest BCUT2D eigenvalue weighted by atomic mass is 9.72. The molecule has 0 aromatic heterocycles. The van der Waals surface area contributed by atoms with Gasteiger partial charge in [-0.2, -0.15) is 0 Å². The molecule has 16 nitrogen and oxygen atoms in total. The fourth-order valence-electron chi connectivity index (χ4n) is 13.4. The number of nitrogens with one attached hydrogen (secondary N) is 2. The maximum Gasteiger partial charge on any atom is 0.411 e. The van der Waals surface area contributed by atoms with Crippen LogP contribution in [0.4, 0.5) is 20.6 Å². The largest absolute Gasteiger partial charge is 0.446 e. The highest BCUT2D eigenvalue weighted by atomic mass is 19.1. The number of carbonyl (C=O) groups excluding carboxylic acids is 5. The van der Waals surface area contributed by atoms with E-state index >= 15 is 0 Å². The molecule has 2 N–H and O–H groups in total. The summed E-state index contributed by atoms with van der Waals surface area (Å²) in [6.45, 7) is 11.5. The molecular weight excluding hydrogens is 1120 g/mol. The minimum atomic E-state index is -0.751. The molecule has 1 unspecified atom stereocenters. The minimum absolute atomic E-state index is 0.0126. The molecule has 1 saturated carbocycles. The van der Waals surface area contributed by atoms with Crippen molar-refractivity contribution in [2.45, 2.75) is 127 Å². The van der Waals surface area contributed by atoms with Gasteiger partial charge in [0, 0.05) is 107 Å². The molecule has 3 heterocycles. The average molecular weight is 1220 g/mol. The smallest absolute Gasteiger partial charge is 0.411 e. The number of unbranched alkanes of at least 4 members (excludes halogenated alkanes) is 2. The van der Waals surface area contributed by atoms with Gasteiger partial charge in [0.25, 0.3) is 11.8 Å². The summed E-state index contributed by atoms with van der Waals surface area (Å²) < 4.78 is 33.1. The Morgan fingerprint density at radius 2 is 1.43 bits per heavy atom. The molecule has 4 fully saturated rings. The Morgan fingerprint density at radius 3 is 2.17 bits per heavy atom. The number of rotatable bonds is 27. The standard InChI is InChI=1S/C72H91FN8O8/c1-5-53(2)68(84)80-51-72(88-52-80,57-26-28-58(73)29-27-57)38-46-79-44-36-71(37-45-79)63-21-13-11-19-56(63)49-65(71)87-50-67(83)76(3)40-16-41-81(60-32-33-60)69(85)55-24-30-59(31-25-55)74-39-15-7-10-23-66(82)77(4)47-48-78-42-34-61(35-43-78)89-70(86)75-64-22-14-12-20-62(64)54-17-8-6-9-18-54/h5-6,8-9,11-14,17-22,24-31,60-61,65,74H,7,10,15-16,23,32-52H2,1-4H3,(H,75,86)/b53-5+/t65?,72-/m0/s1. The molecule has 1 spiro atoms. The molecule has 17 heteroatoms. The molecule has 5 aromatic carbocycles. The highest BCUT2D eigenvalue weighted by molar-refractivity contribution is 5.95. The average Bonchev–Trinajstić information content (AvgIpc) is 1.63. The number of likely N-dealkylation sites (tertiary alicyclic amines) is 2. The maximum atomic E-state index is 14.1. The summed E-state index contributed by atoms with van der Waals surface area (Å²) in [5, 5.41) is 6.43. The van der Waals surface area contributed by atoms with Crippen molar-refractivity contribution in [3.63, 3.8) is 0 Å². The maximum absolute atomic E-state index is 14.1. The highest BCUT2D eigenvalue weighted by Crippen LogP contribution is 2.48. The van der Waals surface area contributed by atoms with Crippen LogP contribution in [0.15, 0.2) is 139 Å². The van der Waals surface area contributed by atoms with Gasteiger partial charge in [-0.05, 0) is 162 Å². The lowest BCUT2D eigenvalue weighted by Gasteiger charge is -2.44. The predicted octanol–water partition coefficient (Wildman–Crippen LogP) is 11.1. The van der Waals surface area contributed by atoms with E-state index in [1.807, 2.05) is 123 Å². The van der Waals surface area contributed by atoms with Crippen LogP contribution < -0.4 is 10.6 Å². The normalized spacial score (nSPS) is 19.4. The zero-order chi connectivity index (χ0) is 62.3. The van der Waals surface area contributed by atoms with Crippen molar-refractivity contribution in [1.82, 2.24) is 29.4 Å². The van der Waals surface area contributed by atoms with Gasteiger partial charge in [-0.25, -0.2) is 9.18 Å². The molecule has 89 heavy (non-hydrogen) atoms. The third kappa shape index (κ3) is 16.5. The number of fused-ring (bicyclic) bond motifs is 2. The van der Waals surface area contributed by atoms with E-state index in [9.17, 15) is 28.4 Å². The molecule has 2 atom stereocenters. The molecule has 2 aliphatic carbocycles. The van der Waals surface area contributed by atoms with E-state index in [1.54, 1.807) is 21.9 Å². The van der Waals surface area contributed by atoms with E-state index < -0.39 is 11.7 Å². The van der Waals surface area contributed by atoms with Crippen LogP contribution in [0.25, 0.3) is 11.1 Å². The topological polar surface area (TPSA) is 157 Å². The van der Waals surface area contributed by atoms with E-state index in [-0.39, 0.29) is 66.4 Å². The first kappa shape index (κ1) is 64.5. The quantitative estimate of drug-likeness (QED) is 0.0381. The SMILES string of the molecule is C/C=C(\C)C(=O)N1CO[C@](CCN2CCC3(CC2)c2ccccc2CC3OCC(=O)N(C)CCCN(C(=O)c2ccc(NCCCCCC(=O)N(C)CCN3CCC(OC(=O)Nc4ccccc4-c4ccccc4)CC3)cc2)C2CC2)(c2ccc(F)cc2)C1. The molecule has 3 aliphatic heterocycles. The van der Waals surface area contributed by atoms with Gasteiger partial charge in [0.15, 0.2) is 0 Å². The summed E-state index contributed by atoms with van der Waals surface area (Å²) in [6.07, 6.45) is 11.5. The third-order valence-electron chi connectivity index (χ3n) is 19.3. The first-order valence-corrected chi connectivity index (χ1v) is 32.4. The van der Waals surface area contributed by atoms with Crippen LogP contribution in [0.1, 0.15) is 118 Å². The van der Waals surface area contributed by atoms with Gasteiger partial charge in [-0.1, -0.05) is 97.4 Å². The van der Waals surface area contributed by atoms with Crippen LogP contribution in [-0.2, 0) is 46.0 Å². The van der Waals surface area contributed by atoms with E-state index in [1.165, 1.54) is 23.3 Å². The van der Waals surface area contributed by atoms with Crippen LogP contribution in [-0.4, -0.2) is 177 Å². The first-order valence-electron chi connectivity index (χ1n) is 32.4. The number of hydrogen-bond donors (Lipinski definition) is 2. The Bertz CT molecular complexity index is 3220. The Kier molecular flexibility index (Phi) is 22.0. The minimum Gasteiger partial charge on any atom is -0.446 e. The zero-order valence-corrected chi connectivity index (χ0v) is 52.6. The molecular formula is C72H91FN8O8. The van der Waals surface area contributed by atoms with Gasteiger partial charge >= 0.3 is 6.09 Å². The summed E-state index contributed by atoms with van der Waals surface area (Å²) in [7, 11) is 3.70. The number of benzene rings is 5. The monoisotopic (exact) mass is 1210 g/mol. The van der Waals surface area contributed by atoms with Crippen LogP contribution in [0.5, 0.6) is 0 Å². The molecule has 0 bridgehead atoms. The number of anilines is 2. The van der Waals surface area contributed by atoms with Crippen molar-refractivity contribution >= 4 is 41.1 Å². The second-order valence-corrected chi connectivity index (χ2v) is 25.2. The Hall–Kier alpha value is -7.44. The number of carbonyl (C=O) groups is 5. The summed E-state index contributed by atoms with van der Waals surface area (Å²) in [6, 6.07) is 40.7. The van der Waals surface area contributed by atoms with Gasteiger partial charge in [-0.3, -0.25) is 24.5 Å². The fraction of sp³-hybridized carbons (Fsp3) is 0.486. The number of likely N-dealkylation sites (N-methyl/N-ethyl adjacent to an activating group) is 2. The second kappa shape index (κ2) is 30.4. The second-order valence-electron chi connectivity index (χ2n) is 25.2. The fourth-order valence-corrected chi connectivity index (χ4v) is 13.4. The number of hydrogen-bond acceptors (Lipinski definition) is 11. The molecule has 10 rings (SSSR count). The van der Waals surface area contributed by atoms with E-state index in [0.717, 1.165) is 138 Å². The van der Waals surface area contributed by atoms with Crippen LogP contribution in [0, 0.1) is 5.82 Å². The number of amides is 5. The molecule has 0 radical (unpaired) electrons. The summed E-state index contributed by atoms with van der Waals surface area (Å²) in [5.74, 6) is -0.277. The van der Waals surface area contributed by atoms with E-state index in [4.69, 9.17) is 14.2 Å². The Labute approximate surface area is 525 Å². The summed E-state index contributed by atoms with van der Waals surface area (Å²) in [5.41, 5.74) is 7.44. The molecule has 474 valence electrons. The van der Waals surface area contributed by atoms with Gasteiger partial charge in [0.05, 0.1) is 18.3 Å². The number of piperidine rings is 2. The lowest BCUT2D eigenvalue weighted by molar-refractivity contribution is -0.139. The van der Waals surface area contributed by atoms with Gasteiger partial charge < -0.3 is 48.9 Å². The van der Waals surface area contributed by atoms with Crippen molar-refractivity contribution in [3.8, 4) is 11.1 Å². The van der Waals surface area contributed by atoms with Crippen molar-refractivity contribution in [3.05, 3.63) is 167 Å². The van der Waals surface area contributed by atoms with Gasteiger partial charge in [0.1, 0.15) is 30.9 Å². The van der Waals surface area contributed by atoms with Crippen molar-refractivity contribution < 1.29 is 42.6 Å². The number of ether oxygens (including phenoxy) is 3. The van der Waals surface area contributed by atoms with Crippen LogP contribution in [0.3, 0.4) is 0 Å².